The van der Waals surface area contributed by atoms with Crippen LogP contribution in [0.15, 0.2) is 80.8 Å². The molecule has 0 fully saturated rings. The first-order chi connectivity index (χ1) is 14.5. The lowest BCUT2D eigenvalue weighted by molar-refractivity contribution is 0.478. The summed E-state index contributed by atoms with van der Waals surface area (Å²) in [6, 6.07) is 12.5. The standard InChI is InChI=1S/C19H13N3O7S2/c23-19-16(10-17(31(27,28)29)15-2-1-7-20-18(15)19)22-21-13-5-3-12-9-14(30(24,25)26)6-4-11(12)8-13/h1-10,23H,(H,24,25,26)(H,27,28,29)/b22-21+. The molecular formula is C19H13N3O7S2. The normalized spacial score (nSPS) is 12.7. The zero-order chi connectivity index (χ0) is 22.4. The van der Waals surface area contributed by atoms with Crippen molar-refractivity contribution >= 4 is 53.3 Å². The van der Waals surface area contributed by atoms with Gasteiger partial charge in [0.1, 0.15) is 16.1 Å². The Bertz CT molecular complexity index is 1600. The van der Waals surface area contributed by atoms with Crippen molar-refractivity contribution in [2.24, 2.45) is 10.2 Å². The molecule has 0 saturated carbocycles. The number of phenolic OH excluding ortho intramolecular Hbond substituents is 1. The molecule has 0 bridgehead atoms. The van der Waals surface area contributed by atoms with Crippen LogP contribution in [0.4, 0.5) is 11.4 Å². The number of hydrogen-bond acceptors (Lipinski definition) is 8. The highest BCUT2D eigenvalue weighted by Crippen LogP contribution is 2.38. The van der Waals surface area contributed by atoms with Crippen molar-refractivity contribution in [3.8, 4) is 5.75 Å². The van der Waals surface area contributed by atoms with Gasteiger partial charge < -0.3 is 5.11 Å². The highest BCUT2D eigenvalue weighted by molar-refractivity contribution is 7.86. The van der Waals surface area contributed by atoms with Gasteiger partial charge in [-0.1, -0.05) is 12.1 Å². The number of aromatic hydroxyl groups is 1. The molecule has 0 spiro atoms. The smallest absolute Gasteiger partial charge is 0.295 e. The van der Waals surface area contributed by atoms with Crippen molar-refractivity contribution in [1.29, 1.82) is 0 Å². The van der Waals surface area contributed by atoms with Crippen molar-refractivity contribution in [2.75, 3.05) is 0 Å². The van der Waals surface area contributed by atoms with Crippen LogP contribution in [0.1, 0.15) is 0 Å². The molecule has 158 valence electrons. The summed E-state index contributed by atoms with van der Waals surface area (Å²) >= 11 is 0. The first kappa shape index (κ1) is 20.8. The van der Waals surface area contributed by atoms with Crippen molar-refractivity contribution in [2.45, 2.75) is 9.79 Å². The SMILES string of the molecule is O=S(=O)(O)c1ccc2cc(/N=N/c3cc(S(=O)(=O)O)c4cccnc4c3O)ccc2c1. The summed E-state index contributed by atoms with van der Waals surface area (Å²) in [6.45, 7) is 0. The molecule has 1 aromatic heterocycles. The number of rotatable bonds is 4. The third-order valence-corrected chi connectivity index (χ3v) is 6.20. The fourth-order valence-electron chi connectivity index (χ4n) is 3.02. The van der Waals surface area contributed by atoms with Crippen LogP contribution in [0.3, 0.4) is 0 Å². The van der Waals surface area contributed by atoms with Gasteiger partial charge in [0.25, 0.3) is 20.2 Å². The molecule has 3 N–H and O–H groups in total. The molecule has 0 amide bonds. The molecule has 12 heteroatoms. The lowest BCUT2D eigenvalue weighted by atomic mass is 10.1. The predicted molar refractivity (Wildman–Crippen MR) is 111 cm³/mol. The van der Waals surface area contributed by atoms with Crippen molar-refractivity contribution in [1.82, 2.24) is 4.98 Å². The molecule has 0 unspecified atom stereocenters. The summed E-state index contributed by atoms with van der Waals surface area (Å²) in [7, 11) is -8.95. The van der Waals surface area contributed by atoms with Gasteiger partial charge in [-0.05, 0) is 53.2 Å². The Morgan fingerprint density at radius 2 is 1.52 bits per heavy atom. The van der Waals surface area contributed by atoms with E-state index in [0.717, 1.165) is 6.07 Å². The predicted octanol–water partition coefficient (Wildman–Crippen LogP) is 4.00. The first-order valence-corrected chi connectivity index (χ1v) is 11.4. The van der Waals surface area contributed by atoms with Gasteiger partial charge >= 0.3 is 0 Å². The van der Waals surface area contributed by atoms with Gasteiger partial charge in [-0.2, -0.15) is 21.9 Å². The summed E-state index contributed by atoms with van der Waals surface area (Å²) in [4.78, 5) is 3.22. The largest absolute Gasteiger partial charge is 0.504 e. The number of pyridine rings is 1. The number of nitrogens with zero attached hydrogens (tertiary/aromatic N) is 3. The van der Waals surface area contributed by atoms with Crippen LogP contribution >= 0.6 is 0 Å². The third kappa shape index (κ3) is 4.09. The van der Waals surface area contributed by atoms with E-state index in [1.165, 1.54) is 42.6 Å². The van der Waals surface area contributed by atoms with Gasteiger partial charge in [0, 0.05) is 11.6 Å². The van der Waals surface area contributed by atoms with E-state index in [2.05, 4.69) is 15.2 Å². The second kappa shape index (κ2) is 7.35. The van der Waals surface area contributed by atoms with E-state index in [0.29, 0.717) is 16.5 Å². The maximum atomic E-state index is 11.7. The number of phenols is 1. The molecular weight excluding hydrogens is 446 g/mol. The van der Waals surface area contributed by atoms with Crippen LogP contribution in [-0.4, -0.2) is 36.0 Å². The third-order valence-electron chi connectivity index (χ3n) is 4.45. The maximum absolute atomic E-state index is 11.7. The minimum atomic E-state index is -4.62. The summed E-state index contributed by atoms with van der Waals surface area (Å²) in [6.07, 6.45) is 1.35. The summed E-state index contributed by atoms with van der Waals surface area (Å²) in [5.74, 6) is -0.412. The minimum Gasteiger partial charge on any atom is -0.504 e. The molecule has 10 nitrogen and oxygen atoms in total. The van der Waals surface area contributed by atoms with Gasteiger partial charge in [0.15, 0.2) is 5.75 Å². The Morgan fingerprint density at radius 3 is 2.23 bits per heavy atom. The maximum Gasteiger partial charge on any atom is 0.295 e. The van der Waals surface area contributed by atoms with Crippen molar-refractivity contribution in [3.05, 3.63) is 60.8 Å². The molecule has 0 aliphatic rings. The second-order valence-electron chi connectivity index (χ2n) is 6.49. The number of benzene rings is 3. The topological polar surface area (TPSA) is 167 Å². The zero-order valence-corrected chi connectivity index (χ0v) is 17.0. The van der Waals surface area contributed by atoms with E-state index in [9.17, 15) is 26.5 Å². The van der Waals surface area contributed by atoms with E-state index in [1.807, 2.05) is 0 Å². The molecule has 0 atom stereocenters. The molecule has 0 saturated heterocycles. The highest BCUT2D eigenvalue weighted by Gasteiger charge is 2.20. The van der Waals surface area contributed by atoms with E-state index < -0.39 is 30.9 Å². The second-order valence-corrected chi connectivity index (χ2v) is 9.30. The Labute approximate surface area is 176 Å². The van der Waals surface area contributed by atoms with E-state index >= 15 is 0 Å². The number of fused-ring (bicyclic) bond motifs is 2. The molecule has 4 aromatic rings. The van der Waals surface area contributed by atoms with Crippen LogP contribution < -0.4 is 0 Å². The van der Waals surface area contributed by atoms with E-state index in [1.54, 1.807) is 12.1 Å². The lowest BCUT2D eigenvalue weighted by Crippen LogP contribution is -1.99. The number of aromatic nitrogens is 1. The van der Waals surface area contributed by atoms with Crippen molar-refractivity contribution < 1.29 is 31.0 Å². The Morgan fingerprint density at radius 1 is 0.806 bits per heavy atom. The molecule has 0 aliphatic heterocycles. The van der Waals surface area contributed by atoms with Gasteiger partial charge in [0.05, 0.1) is 10.6 Å². The number of hydrogen-bond donors (Lipinski definition) is 3. The summed E-state index contributed by atoms with van der Waals surface area (Å²) in [5, 5.41) is 19.5. The molecule has 4 rings (SSSR count). The van der Waals surface area contributed by atoms with E-state index in [-0.39, 0.29) is 21.5 Å². The fourth-order valence-corrected chi connectivity index (χ4v) is 4.24. The summed E-state index contributed by atoms with van der Waals surface area (Å²) < 4.78 is 64.7. The van der Waals surface area contributed by atoms with Crippen LogP contribution in [0, 0.1) is 0 Å². The fraction of sp³-hybridized carbons (Fsp3) is 0. The Hall–Kier alpha value is -3.45. The van der Waals surface area contributed by atoms with Crippen molar-refractivity contribution in [3.63, 3.8) is 0 Å². The first-order valence-electron chi connectivity index (χ1n) is 8.55. The van der Waals surface area contributed by atoms with Crippen LogP contribution in [0.5, 0.6) is 5.75 Å². The average molecular weight is 459 g/mol. The minimum absolute atomic E-state index is 0.0294. The summed E-state index contributed by atoms with van der Waals surface area (Å²) in [5.41, 5.74) is 0.0319. The Kier molecular flexibility index (Phi) is 4.94. The molecule has 0 aliphatic carbocycles. The molecule has 31 heavy (non-hydrogen) atoms. The highest BCUT2D eigenvalue weighted by atomic mass is 32.2. The quantitative estimate of drug-likeness (QED) is 0.304. The van der Waals surface area contributed by atoms with Crippen LogP contribution in [-0.2, 0) is 20.2 Å². The number of azo groups is 1. The van der Waals surface area contributed by atoms with Crippen LogP contribution in [0.25, 0.3) is 21.7 Å². The molecule has 0 radical (unpaired) electrons. The monoisotopic (exact) mass is 459 g/mol. The van der Waals surface area contributed by atoms with Gasteiger partial charge in [0.2, 0.25) is 0 Å². The van der Waals surface area contributed by atoms with Crippen LogP contribution in [0.2, 0.25) is 0 Å². The van der Waals surface area contributed by atoms with Gasteiger partial charge in [-0.15, -0.1) is 5.11 Å². The zero-order valence-electron chi connectivity index (χ0n) is 15.4. The molecule has 3 aromatic carbocycles. The molecule has 1 heterocycles. The van der Waals surface area contributed by atoms with Gasteiger partial charge in [-0.3, -0.25) is 14.1 Å². The van der Waals surface area contributed by atoms with E-state index in [4.69, 9.17) is 4.55 Å². The lowest BCUT2D eigenvalue weighted by Gasteiger charge is -2.07. The average Bonchev–Trinajstić information content (AvgIpc) is 2.71. The van der Waals surface area contributed by atoms with Gasteiger partial charge in [-0.25, -0.2) is 0 Å². The Balaban J connectivity index is 1.79.